The fourth-order valence-corrected chi connectivity index (χ4v) is 2.44. The predicted octanol–water partition coefficient (Wildman–Crippen LogP) is 2.53. The summed E-state index contributed by atoms with van der Waals surface area (Å²) in [4.78, 5) is 0. The van der Waals surface area contributed by atoms with Crippen molar-refractivity contribution in [2.45, 2.75) is 6.92 Å². The second-order valence-electron chi connectivity index (χ2n) is 5.26. The van der Waals surface area contributed by atoms with Crippen LogP contribution in [0, 0.1) is 0 Å². The van der Waals surface area contributed by atoms with Crippen molar-refractivity contribution in [3.63, 3.8) is 0 Å². The summed E-state index contributed by atoms with van der Waals surface area (Å²) in [6, 6.07) is 18.3. The second-order valence-corrected chi connectivity index (χ2v) is 5.26. The highest BCUT2D eigenvalue weighted by Crippen LogP contribution is 2.16. The highest BCUT2D eigenvalue weighted by atomic mass is 15.4. The fourth-order valence-electron chi connectivity index (χ4n) is 2.44. The third-order valence-electron chi connectivity index (χ3n) is 3.70. The lowest BCUT2D eigenvalue weighted by atomic mass is 10.0. The Labute approximate surface area is 132 Å². The summed E-state index contributed by atoms with van der Waals surface area (Å²) in [5, 5.41) is 18.0. The molecular formula is C17H15N6+. The first-order valence-electron chi connectivity index (χ1n) is 7.31. The number of hydrazone groups is 1. The molecule has 0 amide bonds. The van der Waals surface area contributed by atoms with Crippen LogP contribution in [0.3, 0.4) is 0 Å². The van der Waals surface area contributed by atoms with Crippen LogP contribution in [0.1, 0.15) is 12.5 Å². The summed E-state index contributed by atoms with van der Waals surface area (Å²) in [7, 11) is 0. The van der Waals surface area contributed by atoms with E-state index in [9.17, 15) is 0 Å². The van der Waals surface area contributed by atoms with E-state index in [0.717, 1.165) is 16.9 Å². The molecule has 2 aromatic carbocycles. The first-order chi connectivity index (χ1) is 11.3. The van der Waals surface area contributed by atoms with Gasteiger partial charge in [0.05, 0.1) is 5.71 Å². The van der Waals surface area contributed by atoms with Crippen molar-refractivity contribution in [1.82, 2.24) is 15.3 Å². The van der Waals surface area contributed by atoms with E-state index < -0.39 is 0 Å². The Bertz CT molecular complexity index is 1020. The maximum Gasteiger partial charge on any atom is 0.325 e. The Morgan fingerprint density at radius 3 is 2.87 bits per heavy atom. The number of nitrogens with zero attached hydrogens (tertiary/aromatic N) is 4. The maximum absolute atomic E-state index is 4.42. The molecule has 2 aromatic heterocycles. The summed E-state index contributed by atoms with van der Waals surface area (Å²) in [6.45, 7) is 1.97. The Kier molecular flexibility index (Phi) is 3.20. The zero-order valence-corrected chi connectivity index (χ0v) is 12.6. The van der Waals surface area contributed by atoms with E-state index in [2.05, 4.69) is 56.2 Å². The van der Waals surface area contributed by atoms with E-state index in [1.54, 1.807) is 10.8 Å². The molecule has 0 saturated heterocycles. The average Bonchev–Trinajstić information content (AvgIpc) is 3.07. The van der Waals surface area contributed by atoms with Crippen molar-refractivity contribution in [1.29, 1.82) is 0 Å². The zero-order chi connectivity index (χ0) is 15.6. The van der Waals surface area contributed by atoms with Crippen LogP contribution in [0.4, 0.5) is 5.82 Å². The van der Waals surface area contributed by atoms with Crippen molar-refractivity contribution >= 4 is 27.9 Å². The average molecular weight is 303 g/mol. The van der Waals surface area contributed by atoms with Crippen molar-refractivity contribution in [2.24, 2.45) is 5.10 Å². The number of H-pyrrole nitrogens is 1. The number of fused-ring (bicyclic) bond motifs is 2. The molecule has 0 aliphatic carbocycles. The van der Waals surface area contributed by atoms with Gasteiger partial charge in [0.25, 0.3) is 0 Å². The molecule has 0 spiro atoms. The van der Waals surface area contributed by atoms with Crippen LogP contribution in [-0.2, 0) is 0 Å². The van der Waals surface area contributed by atoms with E-state index in [0.29, 0.717) is 5.82 Å². The van der Waals surface area contributed by atoms with Gasteiger partial charge in [-0.05, 0) is 35.4 Å². The molecule has 0 bridgehead atoms. The van der Waals surface area contributed by atoms with E-state index >= 15 is 0 Å². The Hall–Kier alpha value is -3.28. The molecular weight excluding hydrogens is 288 g/mol. The number of nitrogens with one attached hydrogen (secondary N) is 2. The Balaban J connectivity index is 1.61. The van der Waals surface area contributed by atoms with E-state index in [1.807, 2.05) is 31.2 Å². The minimum atomic E-state index is 0.657. The standard InChI is InChI=1S/C17H14N6/c1-12(14-7-6-13-4-2-3-5-15(13)10-14)19-20-16-8-9-17-21-18-11-23(17)22-16/h2-11H,1H3,(H,20,22)/p+1/b19-12-. The number of benzene rings is 2. The molecule has 2 N–H and O–H groups in total. The summed E-state index contributed by atoms with van der Waals surface area (Å²) in [6.07, 6.45) is 1.68. The Morgan fingerprint density at radius 1 is 1.09 bits per heavy atom. The molecule has 6 nitrogen and oxygen atoms in total. The Morgan fingerprint density at radius 2 is 1.96 bits per heavy atom. The van der Waals surface area contributed by atoms with E-state index in [4.69, 9.17) is 0 Å². The summed E-state index contributed by atoms with van der Waals surface area (Å²) in [5.74, 6) is 0.657. The summed E-state index contributed by atoms with van der Waals surface area (Å²) < 4.78 is 1.66. The van der Waals surface area contributed by atoms with Gasteiger partial charge in [-0.3, -0.25) is 5.43 Å². The van der Waals surface area contributed by atoms with Gasteiger partial charge in [0.15, 0.2) is 5.82 Å². The molecule has 0 radical (unpaired) electrons. The number of anilines is 1. The van der Waals surface area contributed by atoms with E-state index in [1.165, 1.54) is 10.8 Å². The predicted molar refractivity (Wildman–Crippen MR) is 89.3 cm³/mol. The van der Waals surface area contributed by atoms with Crippen molar-refractivity contribution in [3.8, 4) is 0 Å². The molecule has 112 valence electrons. The van der Waals surface area contributed by atoms with Crippen LogP contribution in [0.25, 0.3) is 16.4 Å². The molecule has 0 saturated carbocycles. The summed E-state index contributed by atoms with van der Waals surface area (Å²) in [5.41, 5.74) is 5.72. The van der Waals surface area contributed by atoms with Crippen molar-refractivity contribution in [2.75, 3.05) is 5.43 Å². The molecule has 0 aliphatic rings. The largest absolute Gasteiger partial charge is 0.325 e. The number of aromatic nitrogens is 4. The van der Waals surface area contributed by atoms with Gasteiger partial charge in [0.1, 0.15) is 0 Å². The normalized spacial score (nSPS) is 12.0. The maximum atomic E-state index is 4.42. The number of aromatic amines is 1. The zero-order valence-electron chi connectivity index (χ0n) is 12.6. The van der Waals surface area contributed by atoms with Gasteiger partial charge in [-0.25, -0.2) is 0 Å². The van der Waals surface area contributed by atoms with Crippen LogP contribution < -0.4 is 9.94 Å². The first kappa shape index (κ1) is 13.4. The van der Waals surface area contributed by atoms with Gasteiger partial charge in [-0.15, -0.1) is 9.61 Å². The summed E-state index contributed by atoms with van der Waals surface area (Å²) >= 11 is 0. The number of rotatable bonds is 3. The molecule has 4 aromatic rings. The van der Waals surface area contributed by atoms with Gasteiger partial charge in [-0.2, -0.15) is 5.10 Å². The third kappa shape index (κ3) is 2.62. The van der Waals surface area contributed by atoms with Crippen molar-refractivity contribution < 1.29 is 4.52 Å². The molecule has 0 aliphatic heterocycles. The van der Waals surface area contributed by atoms with Crippen LogP contribution >= 0.6 is 0 Å². The number of hydrogen-bond donors (Lipinski definition) is 2. The highest BCUT2D eigenvalue weighted by Gasteiger charge is 2.05. The van der Waals surface area contributed by atoms with Crippen LogP contribution in [0.15, 0.2) is 66.0 Å². The fraction of sp³-hybridized carbons (Fsp3) is 0.0588. The number of hydrogen-bond acceptors (Lipinski definition) is 4. The topological polar surface area (TPSA) is 70.1 Å². The molecule has 23 heavy (non-hydrogen) atoms. The van der Waals surface area contributed by atoms with Gasteiger partial charge < -0.3 is 0 Å². The molecule has 0 unspecified atom stereocenters. The highest BCUT2D eigenvalue weighted by molar-refractivity contribution is 6.02. The molecule has 2 heterocycles. The van der Waals surface area contributed by atoms with Gasteiger partial charge in [0, 0.05) is 11.2 Å². The second kappa shape index (κ2) is 5.49. The molecule has 0 fully saturated rings. The lowest BCUT2D eigenvalue weighted by molar-refractivity contribution is -0.579. The SMILES string of the molecule is C/C(=N/Nc1ccc2n[nH]c[n+]2n1)c1ccc2ccccc2c1. The van der Waals surface area contributed by atoms with Crippen molar-refractivity contribution in [3.05, 3.63) is 66.5 Å². The smallest absolute Gasteiger partial charge is 0.259 e. The molecule has 0 atom stereocenters. The minimum absolute atomic E-state index is 0.657. The van der Waals surface area contributed by atoms with Crippen LogP contribution in [-0.4, -0.2) is 21.0 Å². The third-order valence-corrected chi connectivity index (χ3v) is 3.70. The van der Waals surface area contributed by atoms with Gasteiger partial charge >= 0.3 is 5.65 Å². The van der Waals surface area contributed by atoms with E-state index in [-0.39, 0.29) is 0 Å². The monoisotopic (exact) mass is 303 g/mol. The quantitative estimate of drug-likeness (QED) is 0.347. The first-order valence-corrected chi connectivity index (χ1v) is 7.31. The molecule has 4 rings (SSSR count). The van der Waals surface area contributed by atoms with Crippen LogP contribution in [0.2, 0.25) is 0 Å². The lowest BCUT2D eigenvalue weighted by Crippen LogP contribution is -2.24. The lowest BCUT2D eigenvalue weighted by Gasteiger charge is -2.04. The van der Waals surface area contributed by atoms with Gasteiger partial charge in [0.2, 0.25) is 6.33 Å². The minimum Gasteiger partial charge on any atom is -0.259 e. The molecule has 6 heteroatoms. The van der Waals surface area contributed by atoms with Gasteiger partial charge in [-0.1, -0.05) is 41.5 Å². The van der Waals surface area contributed by atoms with Crippen LogP contribution in [0.5, 0.6) is 0 Å².